The minimum absolute atomic E-state index is 0.0742. The number of nitrogens with two attached hydrogens (primary N) is 1. The van der Waals surface area contributed by atoms with E-state index in [2.05, 4.69) is 0 Å². The molecule has 0 amide bonds. The van der Waals surface area contributed by atoms with Gasteiger partial charge in [-0.1, -0.05) is 24.3 Å². The number of carboxylic acids is 1. The lowest BCUT2D eigenvalue weighted by atomic mass is 9.90. The van der Waals surface area contributed by atoms with Gasteiger partial charge in [0.2, 0.25) is 0 Å². The molecule has 3 aromatic rings. The van der Waals surface area contributed by atoms with Crippen molar-refractivity contribution in [2.75, 3.05) is 5.73 Å². The van der Waals surface area contributed by atoms with Crippen molar-refractivity contribution in [3.8, 4) is 11.1 Å². The number of aryl methyl sites for hydroxylation is 2. The fourth-order valence-corrected chi connectivity index (χ4v) is 3.48. The average Bonchev–Trinajstić information content (AvgIpc) is 2.64. The van der Waals surface area contributed by atoms with Gasteiger partial charge in [-0.15, -0.1) is 0 Å². The van der Waals surface area contributed by atoms with Crippen LogP contribution in [0.25, 0.3) is 21.9 Å². The summed E-state index contributed by atoms with van der Waals surface area (Å²) in [7, 11) is 1.41. The van der Waals surface area contributed by atoms with E-state index in [1.807, 2.05) is 0 Å². The van der Waals surface area contributed by atoms with E-state index in [1.54, 1.807) is 24.3 Å². The Bertz CT molecular complexity index is 1180. The van der Waals surface area contributed by atoms with Crippen molar-refractivity contribution >= 4 is 22.4 Å². The number of hydrogen-bond acceptors (Lipinski definition) is 3. The van der Waals surface area contributed by atoms with Gasteiger partial charge >= 0.3 is 12.1 Å². The maximum Gasteiger partial charge on any atom is 0.417 e. The van der Waals surface area contributed by atoms with Crippen LogP contribution < -0.4 is 11.3 Å². The second-order valence-corrected chi connectivity index (χ2v) is 6.87. The molecule has 2 aromatic carbocycles. The third-order valence-electron chi connectivity index (χ3n) is 5.02. The first-order valence-electron chi connectivity index (χ1n) is 8.82. The van der Waals surface area contributed by atoms with Gasteiger partial charge in [0.25, 0.3) is 5.56 Å². The topological polar surface area (TPSA) is 85.3 Å². The van der Waals surface area contributed by atoms with Crippen molar-refractivity contribution < 1.29 is 23.1 Å². The van der Waals surface area contributed by atoms with E-state index in [-0.39, 0.29) is 29.8 Å². The summed E-state index contributed by atoms with van der Waals surface area (Å²) in [6, 6.07) is 8.88. The van der Waals surface area contributed by atoms with Crippen LogP contribution in [-0.4, -0.2) is 15.6 Å². The fraction of sp³-hybridized carbons (Fsp3) is 0.238. The van der Waals surface area contributed by atoms with Crippen molar-refractivity contribution in [1.29, 1.82) is 0 Å². The predicted molar refractivity (Wildman–Crippen MR) is 105 cm³/mol. The van der Waals surface area contributed by atoms with E-state index in [9.17, 15) is 22.8 Å². The third kappa shape index (κ3) is 3.70. The van der Waals surface area contributed by atoms with Crippen molar-refractivity contribution in [3.63, 3.8) is 0 Å². The zero-order valence-corrected chi connectivity index (χ0v) is 15.8. The highest BCUT2D eigenvalue weighted by atomic mass is 19.4. The molecule has 8 heteroatoms. The zero-order chi connectivity index (χ0) is 21.5. The standard InChI is InChI=1S/C21H19F3N2O3/c1-11-9-16(21(22,23)24)19(20(29)26(11)2)15-10-17(25)14(7-8-18(27)28)12-5-3-4-6-13(12)15/h3-6,9-10H,7-8,25H2,1-2H3,(H,27,28). The SMILES string of the molecule is Cc1cc(C(F)(F)F)c(-c2cc(N)c(CCC(=O)O)c3ccccc23)c(=O)n1C. The largest absolute Gasteiger partial charge is 0.481 e. The maximum absolute atomic E-state index is 13.8. The number of nitrogen functional groups attached to an aromatic ring is 1. The summed E-state index contributed by atoms with van der Waals surface area (Å²) in [6.07, 6.45) is -4.78. The van der Waals surface area contributed by atoms with Crippen molar-refractivity contribution in [2.24, 2.45) is 7.05 Å². The molecule has 0 saturated carbocycles. The molecule has 0 unspecified atom stereocenters. The normalized spacial score (nSPS) is 11.8. The number of pyridine rings is 1. The highest BCUT2D eigenvalue weighted by Gasteiger charge is 2.36. The molecule has 0 bridgehead atoms. The fourth-order valence-electron chi connectivity index (χ4n) is 3.48. The predicted octanol–water partition coefficient (Wildman–Crippen LogP) is 4.13. The number of aromatic nitrogens is 1. The van der Waals surface area contributed by atoms with Crippen LogP contribution in [0.15, 0.2) is 41.2 Å². The molecule has 0 fully saturated rings. The third-order valence-corrected chi connectivity index (χ3v) is 5.02. The number of carbonyl (C=O) groups is 1. The molecule has 0 aliphatic heterocycles. The molecule has 1 heterocycles. The van der Waals surface area contributed by atoms with Gasteiger partial charge in [-0.25, -0.2) is 0 Å². The smallest absolute Gasteiger partial charge is 0.417 e. The first-order chi connectivity index (χ1) is 13.5. The van der Waals surface area contributed by atoms with Gasteiger partial charge in [-0.3, -0.25) is 9.59 Å². The lowest BCUT2D eigenvalue weighted by Crippen LogP contribution is -2.25. The van der Waals surface area contributed by atoms with Gasteiger partial charge in [0, 0.05) is 24.8 Å². The van der Waals surface area contributed by atoms with E-state index in [1.165, 1.54) is 20.0 Å². The van der Waals surface area contributed by atoms with E-state index < -0.39 is 28.8 Å². The number of benzene rings is 2. The van der Waals surface area contributed by atoms with Gasteiger partial charge in [0.1, 0.15) is 0 Å². The number of alkyl halides is 3. The second kappa shape index (κ2) is 7.27. The van der Waals surface area contributed by atoms with Gasteiger partial charge in [-0.05, 0) is 47.4 Å². The number of hydrogen-bond donors (Lipinski definition) is 2. The number of anilines is 1. The first-order valence-corrected chi connectivity index (χ1v) is 8.82. The summed E-state index contributed by atoms with van der Waals surface area (Å²) in [4.78, 5) is 23.8. The monoisotopic (exact) mass is 404 g/mol. The van der Waals surface area contributed by atoms with Gasteiger partial charge in [0.15, 0.2) is 0 Å². The van der Waals surface area contributed by atoms with Crippen LogP contribution in [-0.2, 0) is 24.4 Å². The van der Waals surface area contributed by atoms with Crippen LogP contribution in [0.3, 0.4) is 0 Å². The number of fused-ring (bicyclic) bond motifs is 1. The Labute approximate surface area is 164 Å². The molecule has 3 rings (SSSR count). The number of nitrogens with zero attached hydrogens (tertiary/aromatic N) is 1. The maximum atomic E-state index is 13.8. The molecule has 3 N–H and O–H groups in total. The van der Waals surface area contributed by atoms with Crippen LogP contribution in [0.2, 0.25) is 0 Å². The summed E-state index contributed by atoms with van der Waals surface area (Å²) >= 11 is 0. The van der Waals surface area contributed by atoms with E-state index in [0.29, 0.717) is 16.3 Å². The summed E-state index contributed by atoms with van der Waals surface area (Å²) in [5.41, 5.74) is 4.76. The number of rotatable bonds is 4. The molecule has 152 valence electrons. The second-order valence-electron chi connectivity index (χ2n) is 6.87. The lowest BCUT2D eigenvalue weighted by Gasteiger charge is -2.19. The molecule has 0 aliphatic carbocycles. The van der Waals surface area contributed by atoms with Gasteiger partial charge < -0.3 is 15.4 Å². The minimum Gasteiger partial charge on any atom is -0.481 e. The Morgan fingerprint density at radius 2 is 1.79 bits per heavy atom. The molecular formula is C21H19F3N2O3. The summed E-state index contributed by atoms with van der Waals surface area (Å²) in [5.74, 6) is -1.01. The van der Waals surface area contributed by atoms with Gasteiger partial charge in [-0.2, -0.15) is 13.2 Å². The van der Waals surface area contributed by atoms with Crippen LogP contribution >= 0.6 is 0 Å². The van der Waals surface area contributed by atoms with Crippen LogP contribution in [0.1, 0.15) is 23.2 Å². The van der Waals surface area contributed by atoms with E-state index in [4.69, 9.17) is 10.8 Å². The highest BCUT2D eigenvalue weighted by molar-refractivity contribution is 6.02. The van der Waals surface area contributed by atoms with Crippen LogP contribution in [0.5, 0.6) is 0 Å². The van der Waals surface area contributed by atoms with Crippen molar-refractivity contribution in [2.45, 2.75) is 25.9 Å². The molecule has 1 aromatic heterocycles. The molecular weight excluding hydrogens is 385 g/mol. The van der Waals surface area contributed by atoms with Crippen LogP contribution in [0, 0.1) is 6.92 Å². The number of halogens is 3. The molecule has 0 saturated heterocycles. The molecule has 29 heavy (non-hydrogen) atoms. The molecule has 0 atom stereocenters. The summed E-state index contributed by atoms with van der Waals surface area (Å²) < 4.78 is 42.5. The average molecular weight is 404 g/mol. The Hall–Kier alpha value is -3.29. The number of aliphatic carboxylic acids is 1. The van der Waals surface area contributed by atoms with E-state index in [0.717, 1.165) is 10.6 Å². The van der Waals surface area contributed by atoms with Crippen molar-refractivity contribution in [3.05, 3.63) is 63.6 Å². The lowest BCUT2D eigenvalue weighted by molar-refractivity contribution is -0.138. The summed E-state index contributed by atoms with van der Waals surface area (Å²) in [6.45, 7) is 1.43. The molecule has 0 radical (unpaired) electrons. The van der Waals surface area contributed by atoms with Crippen molar-refractivity contribution in [1.82, 2.24) is 4.57 Å². The van der Waals surface area contributed by atoms with Gasteiger partial charge in [0.05, 0.1) is 11.1 Å². The van der Waals surface area contributed by atoms with Crippen LogP contribution in [0.4, 0.5) is 18.9 Å². The Balaban J connectivity index is 2.42. The number of carboxylic acid groups (broad SMARTS) is 1. The zero-order valence-electron chi connectivity index (χ0n) is 15.8. The molecule has 0 aliphatic rings. The molecule has 0 spiro atoms. The minimum atomic E-state index is -4.73. The Kier molecular flexibility index (Phi) is 5.13. The Morgan fingerprint density at radius 3 is 2.38 bits per heavy atom. The summed E-state index contributed by atoms with van der Waals surface area (Å²) in [5, 5.41) is 9.92. The first kappa shape index (κ1) is 20.4. The van der Waals surface area contributed by atoms with E-state index >= 15 is 0 Å². The highest BCUT2D eigenvalue weighted by Crippen LogP contribution is 2.40. The molecule has 5 nitrogen and oxygen atoms in total. The Morgan fingerprint density at radius 1 is 1.17 bits per heavy atom. The quantitative estimate of drug-likeness (QED) is 0.641.